The third-order valence-electron chi connectivity index (χ3n) is 5.27. The predicted octanol–water partition coefficient (Wildman–Crippen LogP) is 3.74. The number of pyridine rings is 1. The molecule has 0 aliphatic carbocycles. The molecule has 0 spiro atoms. The molecule has 8 heteroatoms. The van der Waals surface area contributed by atoms with Crippen LogP contribution in [0.1, 0.15) is 55.5 Å². The van der Waals surface area contributed by atoms with Gasteiger partial charge < -0.3 is 5.32 Å². The minimum Gasteiger partial charge on any atom is -0.346 e. The number of nitrogens with zero attached hydrogens (tertiary/aromatic N) is 5. The average Bonchev–Trinajstić information content (AvgIpc) is 3.24. The van der Waals surface area contributed by atoms with E-state index in [-0.39, 0.29) is 11.9 Å². The van der Waals surface area contributed by atoms with Gasteiger partial charge in [-0.25, -0.2) is 0 Å². The van der Waals surface area contributed by atoms with Crippen LogP contribution in [0.15, 0.2) is 24.4 Å². The molecule has 0 aliphatic rings. The fourth-order valence-corrected chi connectivity index (χ4v) is 4.19. The number of carbonyl (C=O) groups excluding carboxylic acids is 1. The zero-order chi connectivity index (χ0) is 21.7. The highest BCUT2D eigenvalue weighted by atomic mass is 32.2. The summed E-state index contributed by atoms with van der Waals surface area (Å²) < 4.78 is 4.02. The molecule has 1 atom stereocenters. The van der Waals surface area contributed by atoms with E-state index in [0.717, 1.165) is 41.6 Å². The van der Waals surface area contributed by atoms with Crippen molar-refractivity contribution in [2.45, 2.75) is 59.5 Å². The van der Waals surface area contributed by atoms with Crippen LogP contribution in [0.5, 0.6) is 0 Å². The number of fused-ring (bicyclic) bond motifs is 1. The minimum absolute atomic E-state index is 0.0317. The number of carbonyl (C=O) groups is 1. The van der Waals surface area contributed by atoms with Crippen LogP contribution in [0, 0.1) is 19.8 Å². The van der Waals surface area contributed by atoms with Gasteiger partial charge in [-0.15, -0.1) is 10.2 Å². The Hall–Kier alpha value is -2.35. The number of aryl methyl sites for hydroxylation is 1. The second-order valence-corrected chi connectivity index (χ2v) is 9.10. The molecule has 7 nitrogen and oxygen atoms in total. The number of rotatable bonds is 10. The Kier molecular flexibility index (Phi) is 7.53. The Bertz CT molecular complexity index is 993. The molecule has 0 bridgehead atoms. The lowest BCUT2D eigenvalue weighted by atomic mass is 10.1. The van der Waals surface area contributed by atoms with Crippen molar-refractivity contribution in [1.82, 2.24) is 29.7 Å². The molecule has 1 unspecified atom stereocenters. The lowest BCUT2D eigenvalue weighted by Gasteiger charge is -2.17. The van der Waals surface area contributed by atoms with Gasteiger partial charge in [-0.1, -0.05) is 19.9 Å². The summed E-state index contributed by atoms with van der Waals surface area (Å²) in [6.07, 6.45) is 5.95. The van der Waals surface area contributed by atoms with E-state index in [9.17, 15) is 4.79 Å². The molecular weight excluding hydrogens is 396 g/mol. The highest BCUT2D eigenvalue weighted by Crippen LogP contribution is 2.20. The number of hydrogen-bond donors (Lipinski definition) is 1. The van der Waals surface area contributed by atoms with Gasteiger partial charge in [-0.05, 0) is 62.3 Å². The Morgan fingerprint density at radius 3 is 2.77 bits per heavy atom. The van der Waals surface area contributed by atoms with Crippen LogP contribution in [0.2, 0.25) is 0 Å². The lowest BCUT2D eigenvalue weighted by molar-refractivity contribution is -0.121. The molecule has 0 radical (unpaired) electrons. The third kappa shape index (κ3) is 5.22. The van der Waals surface area contributed by atoms with Gasteiger partial charge in [0.2, 0.25) is 5.91 Å². The Balaban J connectivity index is 1.69. The smallest absolute Gasteiger partial charge is 0.220 e. The van der Waals surface area contributed by atoms with Crippen molar-refractivity contribution in [3.8, 4) is 0 Å². The standard InChI is InChI=1S/C22H32N6OS/c1-15(2)14-28-17(4)18(16(3)26-28)9-10-21(29)23-19(11-13-30-5)22-25-24-20-8-6-7-12-27(20)22/h6-8,12,15,19H,9-11,13-14H2,1-5H3,(H,23,29). The maximum absolute atomic E-state index is 12.8. The van der Waals surface area contributed by atoms with Crippen LogP contribution in [0.3, 0.4) is 0 Å². The summed E-state index contributed by atoms with van der Waals surface area (Å²) in [7, 11) is 0. The largest absolute Gasteiger partial charge is 0.346 e. The van der Waals surface area contributed by atoms with Crippen molar-refractivity contribution in [3.63, 3.8) is 0 Å². The minimum atomic E-state index is -0.159. The van der Waals surface area contributed by atoms with Crippen molar-refractivity contribution < 1.29 is 4.79 Å². The van der Waals surface area contributed by atoms with Gasteiger partial charge in [0.05, 0.1) is 11.7 Å². The van der Waals surface area contributed by atoms with Gasteiger partial charge in [0.1, 0.15) is 0 Å². The molecular formula is C22H32N6OS. The van der Waals surface area contributed by atoms with Crippen LogP contribution >= 0.6 is 11.8 Å². The number of nitrogens with one attached hydrogen (secondary N) is 1. The van der Waals surface area contributed by atoms with Crippen molar-refractivity contribution in [3.05, 3.63) is 47.2 Å². The number of hydrogen-bond acceptors (Lipinski definition) is 5. The van der Waals surface area contributed by atoms with Gasteiger partial charge in [0.25, 0.3) is 0 Å². The molecule has 1 N–H and O–H groups in total. The van der Waals surface area contributed by atoms with Crippen LogP contribution in [0.25, 0.3) is 5.65 Å². The maximum Gasteiger partial charge on any atom is 0.220 e. The summed E-state index contributed by atoms with van der Waals surface area (Å²) in [6, 6.07) is 5.65. The van der Waals surface area contributed by atoms with E-state index >= 15 is 0 Å². The SMILES string of the molecule is CSCCC(NC(=O)CCc1c(C)nn(CC(C)C)c1C)c1nnc2ccccn12. The quantitative estimate of drug-likeness (QED) is 0.532. The second-order valence-electron chi connectivity index (χ2n) is 8.11. The summed E-state index contributed by atoms with van der Waals surface area (Å²) in [5.74, 6) is 2.29. The fraction of sp³-hybridized carbons (Fsp3) is 0.545. The van der Waals surface area contributed by atoms with E-state index in [4.69, 9.17) is 0 Å². The van der Waals surface area contributed by atoms with Crippen molar-refractivity contribution in [1.29, 1.82) is 0 Å². The molecule has 3 heterocycles. The van der Waals surface area contributed by atoms with Crippen LogP contribution in [-0.4, -0.2) is 42.3 Å². The third-order valence-corrected chi connectivity index (χ3v) is 5.91. The van der Waals surface area contributed by atoms with Crippen LogP contribution in [0.4, 0.5) is 0 Å². The fourth-order valence-electron chi connectivity index (χ4n) is 3.72. The molecule has 0 aromatic carbocycles. The summed E-state index contributed by atoms with van der Waals surface area (Å²) >= 11 is 1.76. The van der Waals surface area contributed by atoms with E-state index < -0.39 is 0 Å². The summed E-state index contributed by atoms with van der Waals surface area (Å²) in [4.78, 5) is 12.8. The highest BCUT2D eigenvalue weighted by Gasteiger charge is 2.21. The topological polar surface area (TPSA) is 77.1 Å². The Labute approximate surface area is 182 Å². The summed E-state index contributed by atoms with van der Waals surface area (Å²) in [5.41, 5.74) is 4.15. The zero-order valence-corrected chi connectivity index (χ0v) is 19.4. The average molecular weight is 429 g/mol. The first-order chi connectivity index (χ1) is 14.4. The van der Waals surface area contributed by atoms with E-state index in [1.165, 1.54) is 5.56 Å². The Morgan fingerprint density at radius 1 is 1.23 bits per heavy atom. The highest BCUT2D eigenvalue weighted by molar-refractivity contribution is 7.98. The van der Waals surface area contributed by atoms with E-state index in [1.807, 2.05) is 35.7 Å². The lowest BCUT2D eigenvalue weighted by Crippen LogP contribution is -2.30. The van der Waals surface area contributed by atoms with Gasteiger partial charge in [-0.2, -0.15) is 16.9 Å². The van der Waals surface area contributed by atoms with Gasteiger partial charge >= 0.3 is 0 Å². The van der Waals surface area contributed by atoms with Crippen LogP contribution < -0.4 is 5.32 Å². The molecule has 1 amide bonds. The molecule has 0 fully saturated rings. The zero-order valence-electron chi connectivity index (χ0n) is 18.6. The van der Waals surface area contributed by atoms with Crippen molar-refractivity contribution in [2.75, 3.05) is 12.0 Å². The number of aromatic nitrogens is 5. The van der Waals surface area contributed by atoms with E-state index in [2.05, 4.69) is 52.3 Å². The second kappa shape index (κ2) is 10.1. The molecule has 0 saturated heterocycles. The van der Waals surface area contributed by atoms with Gasteiger partial charge in [0.15, 0.2) is 11.5 Å². The van der Waals surface area contributed by atoms with Crippen molar-refractivity contribution >= 4 is 23.3 Å². The van der Waals surface area contributed by atoms with Crippen molar-refractivity contribution in [2.24, 2.45) is 5.92 Å². The van der Waals surface area contributed by atoms with Gasteiger partial charge in [-0.3, -0.25) is 13.9 Å². The monoisotopic (exact) mass is 428 g/mol. The molecule has 0 aliphatic heterocycles. The maximum atomic E-state index is 12.8. The summed E-state index contributed by atoms with van der Waals surface area (Å²) in [5, 5.41) is 16.5. The molecule has 162 valence electrons. The first-order valence-corrected chi connectivity index (χ1v) is 11.9. The molecule has 3 aromatic heterocycles. The first-order valence-electron chi connectivity index (χ1n) is 10.5. The first kappa shape index (κ1) is 22.3. The van der Waals surface area contributed by atoms with E-state index in [0.29, 0.717) is 18.8 Å². The van der Waals surface area contributed by atoms with Crippen LogP contribution in [-0.2, 0) is 17.8 Å². The number of amides is 1. The molecule has 30 heavy (non-hydrogen) atoms. The predicted molar refractivity (Wildman–Crippen MR) is 122 cm³/mol. The normalized spacial score (nSPS) is 12.6. The Morgan fingerprint density at radius 2 is 2.03 bits per heavy atom. The number of thioether (sulfide) groups is 1. The molecule has 3 rings (SSSR count). The van der Waals surface area contributed by atoms with Gasteiger partial charge in [0, 0.05) is 24.9 Å². The summed E-state index contributed by atoms with van der Waals surface area (Å²) in [6.45, 7) is 9.40. The molecule has 3 aromatic rings. The van der Waals surface area contributed by atoms with E-state index in [1.54, 1.807) is 11.8 Å². The molecule has 0 saturated carbocycles.